The normalized spacial score (nSPS) is 12.4. The van der Waals surface area contributed by atoms with Crippen molar-refractivity contribution in [3.05, 3.63) is 48.0 Å². The zero-order valence-electron chi connectivity index (χ0n) is 11.8. The lowest BCUT2D eigenvalue weighted by atomic mass is 10.2. The second kappa shape index (κ2) is 5.78. The fourth-order valence-corrected chi connectivity index (χ4v) is 2.25. The smallest absolute Gasteiger partial charge is 0.220 e. The first-order chi connectivity index (χ1) is 10.2. The summed E-state index contributed by atoms with van der Waals surface area (Å²) in [4.78, 5) is 19.6. The summed E-state index contributed by atoms with van der Waals surface area (Å²) in [6.45, 7) is 1.93. The molecular weight excluding hydrogens is 266 g/mol. The molecule has 1 aromatic carbocycles. The Kier molecular flexibility index (Phi) is 3.68. The Hall–Kier alpha value is -2.63. The maximum absolute atomic E-state index is 12.0. The van der Waals surface area contributed by atoms with Crippen LogP contribution in [-0.2, 0) is 11.2 Å². The van der Waals surface area contributed by atoms with E-state index in [0.717, 1.165) is 22.4 Å². The Labute approximate surface area is 122 Å². The molecule has 0 aliphatic rings. The molecule has 0 spiro atoms. The van der Waals surface area contributed by atoms with E-state index in [1.807, 2.05) is 31.2 Å². The number of aromatic nitrogens is 4. The van der Waals surface area contributed by atoms with Crippen LogP contribution in [0.25, 0.3) is 11.0 Å². The fraction of sp³-hybridized carbons (Fsp3) is 0.267. The van der Waals surface area contributed by atoms with Crippen molar-refractivity contribution in [2.24, 2.45) is 0 Å². The molecule has 3 rings (SSSR count). The van der Waals surface area contributed by atoms with E-state index in [0.29, 0.717) is 12.8 Å². The Morgan fingerprint density at radius 3 is 3.00 bits per heavy atom. The van der Waals surface area contributed by atoms with E-state index >= 15 is 0 Å². The molecular formula is C15H17N5O. The summed E-state index contributed by atoms with van der Waals surface area (Å²) in [5.74, 6) is 0.839. The van der Waals surface area contributed by atoms with Crippen LogP contribution in [0.5, 0.6) is 0 Å². The van der Waals surface area contributed by atoms with E-state index < -0.39 is 0 Å². The van der Waals surface area contributed by atoms with Gasteiger partial charge in [-0.15, -0.1) is 0 Å². The van der Waals surface area contributed by atoms with Gasteiger partial charge in [0, 0.05) is 24.6 Å². The molecule has 1 unspecified atom stereocenters. The lowest BCUT2D eigenvalue weighted by molar-refractivity contribution is -0.121. The van der Waals surface area contributed by atoms with Gasteiger partial charge in [-0.1, -0.05) is 12.1 Å². The first-order valence-corrected chi connectivity index (χ1v) is 6.94. The number of benzene rings is 1. The number of hydrogen-bond acceptors (Lipinski definition) is 3. The molecule has 21 heavy (non-hydrogen) atoms. The molecule has 0 aliphatic heterocycles. The topological polar surface area (TPSA) is 86.5 Å². The summed E-state index contributed by atoms with van der Waals surface area (Å²) in [5.41, 5.74) is 2.89. The highest BCUT2D eigenvalue weighted by Gasteiger charge is 2.11. The maximum atomic E-state index is 12.0. The number of nitrogens with one attached hydrogen (secondary N) is 3. The molecule has 6 heteroatoms. The minimum atomic E-state index is -0.0491. The lowest BCUT2D eigenvalue weighted by Gasteiger charge is -2.11. The Morgan fingerprint density at radius 1 is 1.38 bits per heavy atom. The fourth-order valence-electron chi connectivity index (χ4n) is 2.25. The summed E-state index contributed by atoms with van der Waals surface area (Å²) >= 11 is 0. The molecule has 0 bridgehead atoms. The van der Waals surface area contributed by atoms with E-state index in [-0.39, 0.29) is 11.9 Å². The number of imidazole rings is 1. The van der Waals surface area contributed by atoms with Gasteiger partial charge in [0.15, 0.2) is 0 Å². The number of aryl methyl sites for hydroxylation is 1. The number of rotatable bonds is 5. The van der Waals surface area contributed by atoms with Gasteiger partial charge in [0.1, 0.15) is 5.82 Å². The van der Waals surface area contributed by atoms with Crippen molar-refractivity contribution < 1.29 is 4.79 Å². The largest absolute Gasteiger partial charge is 0.349 e. The first-order valence-electron chi connectivity index (χ1n) is 6.94. The van der Waals surface area contributed by atoms with Crippen LogP contribution >= 0.6 is 0 Å². The Balaban J connectivity index is 1.56. The van der Waals surface area contributed by atoms with Gasteiger partial charge in [0.2, 0.25) is 5.91 Å². The number of hydrogen-bond donors (Lipinski definition) is 3. The number of nitrogens with zero attached hydrogens (tertiary/aromatic N) is 2. The maximum Gasteiger partial charge on any atom is 0.220 e. The average molecular weight is 283 g/mol. The number of amides is 1. The first kappa shape index (κ1) is 13.4. The van der Waals surface area contributed by atoms with Crippen LogP contribution in [-0.4, -0.2) is 26.1 Å². The number of carbonyl (C=O) groups excluding carboxylic acids is 1. The van der Waals surface area contributed by atoms with Crippen LogP contribution in [0.4, 0.5) is 0 Å². The van der Waals surface area contributed by atoms with Crippen molar-refractivity contribution in [2.75, 3.05) is 0 Å². The summed E-state index contributed by atoms with van der Waals surface area (Å²) in [7, 11) is 0. The van der Waals surface area contributed by atoms with Crippen LogP contribution in [0.15, 0.2) is 36.7 Å². The monoisotopic (exact) mass is 283 g/mol. The average Bonchev–Trinajstić information content (AvgIpc) is 3.14. The summed E-state index contributed by atoms with van der Waals surface area (Å²) in [6, 6.07) is 7.80. The number of aromatic amines is 2. The van der Waals surface area contributed by atoms with Gasteiger partial charge in [-0.2, -0.15) is 5.10 Å². The van der Waals surface area contributed by atoms with Gasteiger partial charge in [-0.05, 0) is 19.1 Å². The number of H-pyrrole nitrogens is 2. The molecule has 0 fully saturated rings. The van der Waals surface area contributed by atoms with Crippen molar-refractivity contribution >= 4 is 16.9 Å². The van der Waals surface area contributed by atoms with Gasteiger partial charge >= 0.3 is 0 Å². The van der Waals surface area contributed by atoms with E-state index in [4.69, 9.17) is 0 Å². The summed E-state index contributed by atoms with van der Waals surface area (Å²) < 4.78 is 0. The number of para-hydroxylation sites is 2. The molecule has 6 nitrogen and oxygen atoms in total. The minimum absolute atomic E-state index is 0.00385. The Bertz CT molecular complexity index is 698. The SMILES string of the molecule is CC(NC(=O)CCc1nc2ccccc2[nH]1)c1cn[nH]c1. The quantitative estimate of drug-likeness (QED) is 0.670. The van der Waals surface area contributed by atoms with E-state index in [9.17, 15) is 4.79 Å². The molecule has 3 aromatic rings. The van der Waals surface area contributed by atoms with Crippen LogP contribution in [0.3, 0.4) is 0 Å². The van der Waals surface area contributed by atoms with Gasteiger partial charge in [0.25, 0.3) is 0 Å². The molecule has 0 aliphatic carbocycles. The van der Waals surface area contributed by atoms with E-state index in [2.05, 4.69) is 25.5 Å². The molecule has 0 saturated heterocycles. The van der Waals surface area contributed by atoms with Crippen LogP contribution in [0.2, 0.25) is 0 Å². The second-order valence-corrected chi connectivity index (χ2v) is 5.02. The summed E-state index contributed by atoms with van der Waals surface area (Å²) in [5, 5.41) is 9.56. The Morgan fingerprint density at radius 2 is 2.24 bits per heavy atom. The number of fused-ring (bicyclic) bond motifs is 1. The lowest BCUT2D eigenvalue weighted by Crippen LogP contribution is -2.26. The standard InChI is InChI=1S/C15H17N5O/c1-10(11-8-16-17-9-11)18-15(21)7-6-14-19-12-4-2-3-5-13(12)20-14/h2-5,8-10H,6-7H2,1H3,(H,16,17)(H,18,21)(H,19,20). The van der Waals surface area contributed by atoms with E-state index in [1.165, 1.54) is 0 Å². The second-order valence-electron chi connectivity index (χ2n) is 5.02. The van der Waals surface area contributed by atoms with Crippen molar-refractivity contribution in [2.45, 2.75) is 25.8 Å². The van der Waals surface area contributed by atoms with Crippen LogP contribution in [0.1, 0.15) is 30.8 Å². The third-order valence-electron chi connectivity index (χ3n) is 3.42. The predicted octanol–water partition coefficient (Wildman–Crippen LogP) is 2.10. The highest BCUT2D eigenvalue weighted by Crippen LogP contribution is 2.12. The van der Waals surface area contributed by atoms with Crippen molar-refractivity contribution in [1.82, 2.24) is 25.5 Å². The molecule has 1 atom stereocenters. The third-order valence-corrected chi connectivity index (χ3v) is 3.42. The highest BCUT2D eigenvalue weighted by molar-refractivity contribution is 5.77. The minimum Gasteiger partial charge on any atom is -0.349 e. The third kappa shape index (κ3) is 3.10. The molecule has 1 amide bonds. The molecule has 108 valence electrons. The zero-order valence-corrected chi connectivity index (χ0v) is 11.8. The van der Waals surface area contributed by atoms with Gasteiger partial charge in [-0.3, -0.25) is 9.89 Å². The van der Waals surface area contributed by atoms with Gasteiger partial charge < -0.3 is 10.3 Å². The van der Waals surface area contributed by atoms with Crippen molar-refractivity contribution in [3.63, 3.8) is 0 Å². The van der Waals surface area contributed by atoms with E-state index in [1.54, 1.807) is 12.4 Å². The van der Waals surface area contributed by atoms with Crippen molar-refractivity contribution in [1.29, 1.82) is 0 Å². The highest BCUT2D eigenvalue weighted by atomic mass is 16.1. The molecule has 0 radical (unpaired) electrons. The number of carbonyl (C=O) groups is 1. The predicted molar refractivity (Wildman–Crippen MR) is 79.6 cm³/mol. The van der Waals surface area contributed by atoms with Gasteiger partial charge in [-0.25, -0.2) is 4.98 Å². The van der Waals surface area contributed by atoms with Crippen molar-refractivity contribution in [3.8, 4) is 0 Å². The molecule has 2 aromatic heterocycles. The van der Waals surface area contributed by atoms with Crippen LogP contribution < -0.4 is 5.32 Å². The summed E-state index contributed by atoms with van der Waals surface area (Å²) in [6.07, 6.45) is 4.50. The molecule has 3 N–H and O–H groups in total. The zero-order chi connectivity index (χ0) is 14.7. The van der Waals surface area contributed by atoms with Crippen LogP contribution in [0, 0.1) is 0 Å². The molecule has 0 saturated carbocycles. The molecule has 2 heterocycles. The van der Waals surface area contributed by atoms with Gasteiger partial charge in [0.05, 0.1) is 23.3 Å².